The quantitative estimate of drug-likeness (QED) is 0.338. The number of hydrogen-bond acceptors (Lipinski definition) is 7. The number of carboxylic acid groups (broad SMARTS) is 1. The van der Waals surface area contributed by atoms with Gasteiger partial charge in [0.05, 0.1) is 19.1 Å². The summed E-state index contributed by atoms with van der Waals surface area (Å²) in [6.07, 6.45) is -3.55. The number of carbonyl (C=O) groups is 1. The summed E-state index contributed by atoms with van der Waals surface area (Å²) in [6, 6.07) is 3.94. The number of benzene rings is 1. The van der Waals surface area contributed by atoms with Crippen LogP contribution in [0.4, 0.5) is 0 Å². The van der Waals surface area contributed by atoms with Gasteiger partial charge in [0, 0.05) is 17.9 Å². The van der Waals surface area contributed by atoms with Gasteiger partial charge in [-0.2, -0.15) is 0 Å². The molecule has 1 aromatic carbocycles. The first-order valence-electron chi connectivity index (χ1n) is 11.1. The third-order valence-corrected chi connectivity index (χ3v) is 7.03. The van der Waals surface area contributed by atoms with Gasteiger partial charge in [-0.3, -0.25) is 0 Å². The SMILES string of the molecule is CCC[NH+]1CCCC2Cc3c(ccc(O)c3OC3OC(C(=O)O)C(O)C(O)C3O)CC21. The van der Waals surface area contributed by atoms with Crippen LogP contribution < -0.4 is 9.64 Å². The van der Waals surface area contributed by atoms with Gasteiger partial charge >= 0.3 is 5.97 Å². The van der Waals surface area contributed by atoms with Gasteiger partial charge in [-0.25, -0.2) is 4.79 Å². The Morgan fingerprint density at radius 3 is 2.68 bits per heavy atom. The van der Waals surface area contributed by atoms with Crippen LogP contribution >= 0.6 is 0 Å². The maximum absolute atomic E-state index is 11.4. The molecule has 2 fully saturated rings. The summed E-state index contributed by atoms with van der Waals surface area (Å²) in [5.74, 6) is -1.01. The lowest BCUT2D eigenvalue weighted by Gasteiger charge is -2.43. The van der Waals surface area contributed by atoms with Crippen LogP contribution in [-0.2, 0) is 22.4 Å². The van der Waals surface area contributed by atoms with Gasteiger partial charge in [0.15, 0.2) is 17.6 Å². The van der Waals surface area contributed by atoms with E-state index in [9.17, 15) is 30.3 Å². The molecule has 3 aliphatic rings. The molecular formula is C22H32NO8+. The van der Waals surface area contributed by atoms with Gasteiger partial charge in [0.2, 0.25) is 6.29 Å². The van der Waals surface area contributed by atoms with E-state index in [1.54, 1.807) is 4.90 Å². The molecule has 1 aliphatic carbocycles. The van der Waals surface area contributed by atoms with Crippen molar-refractivity contribution < 1.29 is 44.7 Å². The fourth-order valence-corrected chi connectivity index (χ4v) is 5.47. The molecule has 2 saturated heterocycles. The number of carboxylic acids is 1. The fourth-order valence-electron chi connectivity index (χ4n) is 5.47. The summed E-state index contributed by atoms with van der Waals surface area (Å²) in [6.45, 7) is 4.50. The van der Waals surface area contributed by atoms with Crippen molar-refractivity contribution in [3.8, 4) is 11.5 Å². The van der Waals surface area contributed by atoms with Gasteiger partial charge in [-0.1, -0.05) is 13.0 Å². The first-order valence-corrected chi connectivity index (χ1v) is 11.1. The summed E-state index contributed by atoms with van der Waals surface area (Å²) in [7, 11) is 0. The largest absolute Gasteiger partial charge is 0.504 e. The van der Waals surface area contributed by atoms with E-state index in [0.717, 1.165) is 43.4 Å². The van der Waals surface area contributed by atoms with Crippen LogP contribution in [0.2, 0.25) is 0 Å². The lowest BCUT2D eigenvalue weighted by atomic mass is 9.75. The van der Waals surface area contributed by atoms with Gasteiger partial charge in [-0.15, -0.1) is 0 Å². The van der Waals surface area contributed by atoms with Crippen molar-refractivity contribution in [3.63, 3.8) is 0 Å². The third-order valence-electron chi connectivity index (χ3n) is 7.03. The fraction of sp³-hybridized carbons (Fsp3) is 0.682. The Morgan fingerprint density at radius 1 is 1.19 bits per heavy atom. The Hall–Kier alpha value is -1.91. The Balaban J connectivity index is 1.61. The maximum Gasteiger partial charge on any atom is 0.335 e. The highest BCUT2D eigenvalue weighted by Crippen LogP contribution is 2.41. The lowest BCUT2D eigenvalue weighted by molar-refractivity contribution is -0.935. The van der Waals surface area contributed by atoms with Crippen molar-refractivity contribution in [2.75, 3.05) is 13.1 Å². The average molecular weight is 438 g/mol. The zero-order valence-electron chi connectivity index (χ0n) is 17.6. The number of phenolic OH excluding ortho intramolecular Hbond substituents is 1. The van der Waals surface area contributed by atoms with Crippen molar-refractivity contribution in [2.24, 2.45) is 5.92 Å². The molecule has 0 saturated carbocycles. The molecule has 2 aliphatic heterocycles. The summed E-state index contributed by atoms with van der Waals surface area (Å²) in [4.78, 5) is 13.0. The van der Waals surface area contributed by atoms with Crippen molar-refractivity contribution in [2.45, 2.75) is 75.8 Å². The molecular weight excluding hydrogens is 406 g/mol. The second kappa shape index (κ2) is 8.91. The molecule has 31 heavy (non-hydrogen) atoms. The number of rotatable bonds is 5. The van der Waals surface area contributed by atoms with E-state index in [2.05, 4.69) is 6.92 Å². The molecule has 0 amide bonds. The molecule has 1 aromatic rings. The van der Waals surface area contributed by atoms with Crippen LogP contribution in [0.3, 0.4) is 0 Å². The van der Waals surface area contributed by atoms with E-state index >= 15 is 0 Å². The predicted molar refractivity (Wildman–Crippen MR) is 108 cm³/mol. The van der Waals surface area contributed by atoms with E-state index < -0.39 is 36.7 Å². The van der Waals surface area contributed by atoms with Crippen LogP contribution in [-0.4, -0.2) is 81.3 Å². The lowest BCUT2D eigenvalue weighted by Crippen LogP contribution is -3.18. The summed E-state index contributed by atoms with van der Waals surface area (Å²) >= 11 is 0. The molecule has 0 aromatic heterocycles. The first kappa shape index (κ1) is 22.3. The minimum absolute atomic E-state index is 0.131. The second-order valence-corrected chi connectivity index (χ2v) is 8.98. The van der Waals surface area contributed by atoms with E-state index in [4.69, 9.17) is 9.47 Å². The number of aromatic hydroxyl groups is 1. The monoisotopic (exact) mass is 438 g/mol. The Morgan fingerprint density at radius 2 is 1.97 bits per heavy atom. The minimum Gasteiger partial charge on any atom is -0.504 e. The van der Waals surface area contributed by atoms with Gasteiger partial charge in [0.25, 0.3) is 0 Å². The number of likely N-dealkylation sites (tertiary alicyclic amines) is 1. The topological polar surface area (TPSA) is 141 Å². The van der Waals surface area contributed by atoms with Gasteiger partial charge in [-0.05, 0) is 37.3 Å². The average Bonchev–Trinajstić information content (AvgIpc) is 2.75. The number of quaternary nitrogens is 1. The number of aliphatic hydroxyl groups is 3. The van der Waals surface area contributed by atoms with Crippen molar-refractivity contribution in [1.82, 2.24) is 0 Å². The van der Waals surface area contributed by atoms with Crippen molar-refractivity contribution >= 4 is 5.97 Å². The molecule has 8 atom stereocenters. The molecule has 2 heterocycles. The highest BCUT2D eigenvalue weighted by molar-refractivity contribution is 5.73. The molecule has 0 bridgehead atoms. The molecule has 8 unspecified atom stereocenters. The molecule has 9 nitrogen and oxygen atoms in total. The molecule has 4 rings (SSSR count). The Kier molecular flexibility index (Phi) is 6.41. The van der Waals surface area contributed by atoms with Crippen LogP contribution in [0.1, 0.15) is 37.3 Å². The zero-order chi connectivity index (χ0) is 22.3. The van der Waals surface area contributed by atoms with Crippen molar-refractivity contribution in [3.05, 3.63) is 23.3 Å². The minimum atomic E-state index is -1.79. The van der Waals surface area contributed by atoms with Crippen molar-refractivity contribution in [1.29, 1.82) is 0 Å². The molecule has 9 heteroatoms. The van der Waals surface area contributed by atoms with Crippen LogP contribution in [0.25, 0.3) is 0 Å². The molecule has 0 spiro atoms. The predicted octanol–water partition coefficient (Wildman–Crippen LogP) is -1.16. The second-order valence-electron chi connectivity index (χ2n) is 8.98. The van der Waals surface area contributed by atoms with Crippen LogP contribution in [0.5, 0.6) is 11.5 Å². The summed E-state index contributed by atoms with van der Waals surface area (Å²) in [5, 5.41) is 50.0. The molecule has 6 N–H and O–H groups in total. The van der Waals surface area contributed by atoms with E-state index in [1.165, 1.54) is 12.6 Å². The van der Waals surface area contributed by atoms with E-state index in [-0.39, 0.29) is 11.5 Å². The number of aliphatic hydroxyl groups excluding tert-OH is 3. The highest BCUT2D eigenvalue weighted by Gasteiger charge is 2.49. The number of hydrogen-bond donors (Lipinski definition) is 6. The smallest absolute Gasteiger partial charge is 0.335 e. The number of fused-ring (bicyclic) bond motifs is 2. The maximum atomic E-state index is 11.4. The Labute approximate surface area is 180 Å². The summed E-state index contributed by atoms with van der Waals surface area (Å²) in [5.41, 5.74) is 1.90. The number of nitrogens with one attached hydrogen (secondary N) is 1. The molecule has 0 radical (unpaired) electrons. The molecule has 172 valence electrons. The van der Waals surface area contributed by atoms with Crippen LogP contribution in [0.15, 0.2) is 12.1 Å². The van der Waals surface area contributed by atoms with E-state index in [1.807, 2.05) is 6.07 Å². The first-order chi connectivity index (χ1) is 14.8. The summed E-state index contributed by atoms with van der Waals surface area (Å²) < 4.78 is 11.0. The number of aliphatic carboxylic acids is 1. The standard InChI is InChI=1S/C22H31NO8/c1-2-7-23-8-3-4-12-9-13-11(10-14(12)23)5-6-15(24)19(13)30-22-18(27)16(25)17(26)20(31-22)21(28)29/h5-6,12,14,16-18,20,22,24-27H,2-4,7-10H2,1H3,(H,28,29)/p+1. The number of piperidine rings is 1. The third kappa shape index (κ3) is 4.12. The van der Waals surface area contributed by atoms with Gasteiger partial charge in [0.1, 0.15) is 18.3 Å². The van der Waals surface area contributed by atoms with Gasteiger partial charge < -0.3 is 39.9 Å². The zero-order valence-corrected chi connectivity index (χ0v) is 17.6. The highest BCUT2D eigenvalue weighted by atomic mass is 16.7. The number of phenols is 1. The normalized spacial score (nSPS) is 37.5. The van der Waals surface area contributed by atoms with Crippen LogP contribution in [0, 0.1) is 5.92 Å². The Bertz CT molecular complexity index is 815. The van der Waals surface area contributed by atoms with E-state index in [0.29, 0.717) is 18.4 Å². The number of ether oxygens (including phenoxy) is 2.